The highest BCUT2D eigenvalue weighted by Gasteiger charge is 2.25. The summed E-state index contributed by atoms with van der Waals surface area (Å²) in [6.45, 7) is 5.77. The van der Waals surface area contributed by atoms with Gasteiger partial charge in [0.15, 0.2) is 0 Å². The minimum absolute atomic E-state index is 0.718. The number of aryl methyl sites for hydroxylation is 1. The molecule has 2 aliphatic heterocycles. The van der Waals surface area contributed by atoms with Gasteiger partial charge in [-0.2, -0.15) is 0 Å². The molecule has 0 unspecified atom stereocenters. The lowest BCUT2D eigenvalue weighted by atomic mass is 9.91. The van der Waals surface area contributed by atoms with Crippen LogP contribution in [0.2, 0.25) is 0 Å². The fourth-order valence-electron chi connectivity index (χ4n) is 3.34. The van der Waals surface area contributed by atoms with E-state index in [1.165, 1.54) is 63.3 Å². The number of rotatable bonds is 2. The van der Waals surface area contributed by atoms with Gasteiger partial charge in [0.1, 0.15) is 5.82 Å². The summed E-state index contributed by atoms with van der Waals surface area (Å²) < 4.78 is 2.51. The maximum atomic E-state index is 4.97. The van der Waals surface area contributed by atoms with Crippen molar-refractivity contribution >= 4 is 0 Å². The Balaban J connectivity index is 1.95. The third-order valence-corrected chi connectivity index (χ3v) is 4.27. The molecule has 0 amide bonds. The van der Waals surface area contributed by atoms with E-state index in [-0.39, 0.29) is 0 Å². The normalized spacial score (nSPS) is 21.5. The van der Waals surface area contributed by atoms with Crippen molar-refractivity contribution < 1.29 is 0 Å². The number of piperidine rings is 1. The Kier molecular flexibility index (Phi) is 3.19. The number of hydrogen-bond acceptors (Lipinski definition) is 2. The van der Waals surface area contributed by atoms with Crippen LogP contribution in [0.3, 0.4) is 0 Å². The summed E-state index contributed by atoms with van der Waals surface area (Å²) in [6.07, 6.45) is 7.57. The van der Waals surface area contributed by atoms with Gasteiger partial charge < -0.3 is 9.88 Å². The van der Waals surface area contributed by atoms with Gasteiger partial charge in [0.05, 0.1) is 5.69 Å². The predicted molar refractivity (Wildman–Crippen MR) is 69.4 cm³/mol. The van der Waals surface area contributed by atoms with E-state index in [1.807, 2.05) is 0 Å². The molecule has 0 aromatic carbocycles. The van der Waals surface area contributed by atoms with E-state index in [2.05, 4.69) is 16.8 Å². The van der Waals surface area contributed by atoms with Crippen LogP contribution in [0, 0.1) is 0 Å². The summed E-state index contributed by atoms with van der Waals surface area (Å²) in [5.74, 6) is 2.05. The van der Waals surface area contributed by atoms with Gasteiger partial charge in [-0.1, -0.05) is 6.92 Å². The molecule has 0 saturated carbocycles. The molecule has 1 aromatic rings. The fraction of sp³-hybridized carbons (Fsp3) is 0.786. The number of imidazole rings is 1. The smallest absolute Gasteiger partial charge is 0.108 e. The molecule has 3 nitrogen and oxygen atoms in total. The summed E-state index contributed by atoms with van der Waals surface area (Å²) >= 11 is 0. The Morgan fingerprint density at radius 1 is 1.29 bits per heavy atom. The molecule has 1 aromatic heterocycles. The molecule has 3 rings (SSSR count). The van der Waals surface area contributed by atoms with Crippen molar-refractivity contribution in [3.05, 3.63) is 17.2 Å². The van der Waals surface area contributed by atoms with E-state index in [4.69, 9.17) is 4.98 Å². The van der Waals surface area contributed by atoms with Gasteiger partial charge in [-0.25, -0.2) is 4.98 Å². The largest absolute Gasteiger partial charge is 0.332 e. The monoisotopic (exact) mass is 233 g/mol. The van der Waals surface area contributed by atoms with E-state index in [1.54, 1.807) is 5.69 Å². The van der Waals surface area contributed by atoms with Crippen LogP contribution in [0.15, 0.2) is 0 Å². The zero-order valence-corrected chi connectivity index (χ0v) is 10.8. The predicted octanol–water partition coefficient (Wildman–Crippen LogP) is 2.25. The first-order valence-electron chi connectivity index (χ1n) is 7.19. The van der Waals surface area contributed by atoms with E-state index >= 15 is 0 Å². The van der Waals surface area contributed by atoms with Crippen molar-refractivity contribution in [3.63, 3.8) is 0 Å². The number of nitrogens with zero attached hydrogens (tertiary/aromatic N) is 2. The first-order valence-corrected chi connectivity index (χ1v) is 7.19. The lowest BCUT2D eigenvalue weighted by molar-refractivity contribution is 0.446. The van der Waals surface area contributed by atoms with Gasteiger partial charge in [-0.3, -0.25) is 0 Å². The topological polar surface area (TPSA) is 29.9 Å². The molecule has 0 aliphatic carbocycles. The highest BCUT2D eigenvalue weighted by molar-refractivity contribution is 5.23. The van der Waals surface area contributed by atoms with Gasteiger partial charge in [-0.15, -0.1) is 0 Å². The molecule has 94 valence electrons. The second-order valence-corrected chi connectivity index (χ2v) is 5.35. The third-order valence-electron chi connectivity index (χ3n) is 4.27. The standard InChI is InChI=1S/C14H23N3/c1-2-13-16-14(11-6-8-15-9-7-11)12-5-3-4-10-17(12)13/h11,15H,2-10H2,1H3. The summed E-state index contributed by atoms with van der Waals surface area (Å²) in [7, 11) is 0. The van der Waals surface area contributed by atoms with E-state index in [9.17, 15) is 0 Å². The third kappa shape index (κ3) is 2.01. The maximum absolute atomic E-state index is 4.97. The molecule has 3 heterocycles. The van der Waals surface area contributed by atoms with Crippen molar-refractivity contribution in [2.24, 2.45) is 0 Å². The average molecular weight is 233 g/mol. The lowest BCUT2D eigenvalue weighted by Crippen LogP contribution is -2.27. The van der Waals surface area contributed by atoms with Crippen LogP contribution in [0.25, 0.3) is 0 Å². The molecular weight excluding hydrogens is 210 g/mol. The Morgan fingerprint density at radius 3 is 2.88 bits per heavy atom. The van der Waals surface area contributed by atoms with Crippen molar-refractivity contribution in [3.8, 4) is 0 Å². The highest BCUT2D eigenvalue weighted by atomic mass is 15.1. The zero-order chi connectivity index (χ0) is 11.7. The molecule has 17 heavy (non-hydrogen) atoms. The van der Waals surface area contributed by atoms with E-state index < -0.39 is 0 Å². The zero-order valence-electron chi connectivity index (χ0n) is 10.8. The van der Waals surface area contributed by atoms with Crippen LogP contribution in [0.1, 0.15) is 55.7 Å². The van der Waals surface area contributed by atoms with Crippen LogP contribution < -0.4 is 5.32 Å². The Hall–Kier alpha value is -0.830. The van der Waals surface area contributed by atoms with Crippen molar-refractivity contribution in [1.82, 2.24) is 14.9 Å². The Bertz CT molecular complexity index is 388. The molecule has 0 radical (unpaired) electrons. The first kappa shape index (κ1) is 11.3. The SMILES string of the molecule is CCc1nc(C2CCNCC2)c2n1CCCC2. The van der Waals surface area contributed by atoms with Crippen LogP contribution >= 0.6 is 0 Å². The molecular formula is C14H23N3. The molecule has 2 aliphatic rings. The molecule has 0 atom stereocenters. The van der Waals surface area contributed by atoms with Crippen LogP contribution in [0.5, 0.6) is 0 Å². The molecule has 0 spiro atoms. The number of nitrogens with one attached hydrogen (secondary N) is 1. The maximum Gasteiger partial charge on any atom is 0.108 e. The van der Waals surface area contributed by atoms with E-state index in [0.717, 1.165) is 12.3 Å². The summed E-state index contributed by atoms with van der Waals surface area (Å²) in [6, 6.07) is 0. The average Bonchev–Trinajstić information content (AvgIpc) is 2.78. The minimum Gasteiger partial charge on any atom is -0.332 e. The van der Waals surface area contributed by atoms with Gasteiger partial charge in [-0.05, 0) is 45.2 Å². The van der Waals surface area contributed by atoms with Crippen molar-refractivity contribution in [1.29, 1.82) is 0 Å². The summed E-state index contributed by atoms with van der Waals surface area (Å²) in [5.41, 5.74) is 3.02. The Labute approximate surface area is 104 Å². The van der Waals surface area contributed by atoms with Crippen LogP contribution in [0.4, 0.5) is 0 Å². The number of hydrogen-bond donors (Lipinski definition) is 1. The highest BCUT2D eigenvalue weighted by Crippen LogP contribution is 2.31. The van der Waals surface area contributed by atoms with Crippen molar-refractivity contribution in [2.75, 3.05) is 13.1 Å². The van der Waals surface area contributed by atoms with Crippen LogP contribution in [-0.2, 0) is 19.4 Å². The second-order valence-electron chi connectivity index (χ2n) is 5.35. The Morgan fingerprint density at radius 2 is 2.12 bits per heavy atom. The van der Waals surface area contributed by atoms with Gasteiger partial charge in [0.25, 0.3) is 0 Å². The molecule has 3 heteroatoms. The van der Waals surface area contributed by atoms with Gasteiger partial charge >= 0.3 is 0 Å². The quantitative estimate of drug-likeness (QED) is 0.849. The summed E-state index contributed by atoms with van der Waals surface area (Å²) in [4.78, 5) is 4.97. The van der Waals surface area contributed by atoms with Gasteiger partial charge in [0, 0.05) is 24.6 Å². The minimum atomic E-state index is 0.718. The van der Waals surface area contributed by atoms with Crippen LogP contribution in [-0.4, -0.2) is 22.6 Å². The molecule has 1 saturated heterocycles. The first-order chi connectivity index (χ1) is 8.40. The molecule has 1 N–H and O–H groups in total. The summed E-state index contributed by atoms with van der Waals surface area (Å²) in [5, 5.41) is 3.45. The number of fused-ring (bicyclic) bond motifs is 1. The fourth-order valence-corrected chi connectivity index (χ4v) is 3.34. The second kappa shape index (κ2) is 4.81. The van der Waals surface area contributed by atoms with Gasteiger partial charge in [0.2, 0.25) is 0 Å². The number of aromatic nitrogens is 2. The van der Waals surface area contributed by atoms with E-state index in [0.29, 0.717) is 0 Å². The molecule has 0 bridgehead atoms. The molecule has 1 fully saturated rings. The van der Waals surface area contributed by atoms with Crippen molar-refractivity contribution in [2.45, 2.75) is 57.9 Å². The lowest BCUT2D eigenvalue weighted by Gasteiger charge is -2.24.